The lowest BCUT2D eigenvalue weighted by atomic mass is 9.89. The first-order valence-corrected chi connectivity index (χ1v) is 16.4. The van der Waals surface area contributed by atoms with Crippen LogP contribution in [0.15, 0.2) is 22.7 Å². The van der Waals surface area contributed by atoms with E-state index in [0.29, 0.717) is 12.4 Å². The fourth-order valence-corrected chi connectivity index (χ4v) is 8.27. The molecule has 0 aliphatic heterocycles. The lowest BCUT2D eigenvalue weighted by molar-refractivity contribution is 0.0456. The van der Waals surface area contributed by atoms with E-state index < -0.39 is 13.0 Å². The number of amides is 1. The van der Waals surface area contributed by atoms with Crippen molar-refractivity contribution < 1.29 is 23.4 Å². The maximum Gasteiger partial charge on any atom is 0.408 e. The summed E-state index contributed by atoms with van der Waals surface area (Å²) in [7, 11) is -2.89. The van der Waals surface area contributed by atoms with Gasteiger partial charge < -0.3 is 19.3 Å². The zero-order valence-corrected chi connectivity index (χ0v) is 25.1. The molecule has 204 valence electrons. The molecule has 2 fully saturated rings. The molecule has 0 saturated heterocycles. The molecule has 2 aliphatic carbocycles. The Morgan fingerprint density at radius 2 is 1.83 bits per heavy atom. The number of alkyl carbamates (subject to hydrolysis) is 1. The number of carbonyl (C=O) groups is 1. The molecule has 1 N–H and O–H groups in total. The third kappa shape index (κ3) is 8.77. The molecule has 1 unspecified atom stereocenters. The number of ether oxygens (including phenoxy) is 2. The van der Waals surface area contributed by atoms with E-state index in [-0.39, 0.29) is 23.6 Å². The highest BCUT2D eigenvalue weighted by Crippen LogP contribution is 2.56. The van der Waals surface area contributed by atoms with Crippen LogP contribution in [0.1, 0.15) is 104 Å². The molecule has 1 amide bonds. The van der Waals surface area contributed by atoms with Crippen molar-refractivity contribution >= 4 is 29.4 Å². The molecule has 3 rings (SSSR count). The first-order valence-electron chi connectivity index (χ1n) is 13.7. The monoisotopic (exact) mass is 585 g/mol. The van der Waals surface area contributed by atoms with Crippen molar-refractivity contribution in [3.63, 3.8) is 0 Å². The van der Waals surface area contributed by atoms with Crippen molar-refractivity contribution in [3.8, 4) is 5.75 Å². The van der Waals surface area contributed by atoms with Gasteiger partial charge >= 0.3 is 6.09 Å². The summed E-state index contributed by atoms with van der Waals surface area (Å²) in [6.07, 6.45) is 11.8. The van der Waals surface area contributed by atoms with Gasteiger partial charge in [-0.05, 0) is 92.9 Å². The molecular weight excluding hydrogens is 541 g/mol. The van der Waals surface area contributed by atoms with Crippen LogP contribution >= 0.6 is 23.3 Å². The second-order valence-electron chi connectivity index (χ2n) is 11.5. The van der Waals surface area contributed by atoms with Crippen LogP contribution in [0, 0.1) is 0 Å². The van der Waals surface area contributed by atoms with Gasteiger partial charge in [0.15, 0.2) is 6.35 Å². The van der Waals surface area contributed by atoms with Crippen LogP contribution in [-0.4, -0.2) is 35.8 Å². The summed E-state index contributed by atoms with van der Waals surface area (Å²) in [6, 6.07) is 6.03. The van der Waals surface area contributed by atoms with Gasteiger partial charge in [-0.15, -0.1) is 0 Å². The number of nitrogens with one attached hydrogen (secondary N) is 1. The van der Waals surface area contributed by atoms with Crippen molar-refractivity contribution in [2.75, 3.05) is 13.0 Å². The molecule has 0 heterocycles. The molecule has 6 nitrogen and oxygen atoms in total. The molecule has 2 saturated carbocycles. The Kier molecular flexibility index (Phi) is 10.8. The average molecular weight is 587 g/mol. The van der Waals surface area contributed by atoms with E-state index in [9.17, 15) is 9.36 Å². The first kappa shape index (κ1) is 29.5. The highest BCUT2D eigenvalue weighted by Gasteiger charge is 2.38. The lowest BCUT2D eigenvalue weighted by Crippen LogP contribution is -2.49. The zero-order chi connectivity index (χ0) is 26.2. The quantitative estimate of drug-likeness (QED) is 0.208. The molecule has 1 aromatic carbocycles. The van der Waals surface area contributed by atoms with Crippen LogP contribution in [-0.2, 0) is 20.2 Å². The second-order valence-corrected chi connectivity index (χ2v) is 15.1. The first-order chi connectivity index (χ1) is 17.0. The second kappa shape index (κ2) is 13.2. The third-order valence-electron chi connectivity index (χ3n) is 7.20. The highest BCUT2D eigenvalue weighted by atomic mass is 79.9. The van der Waals surface area contributed by atoms with Gasteiger partial charge in [-0.25, -0.2) is 4.79 Å². The molecule has 0 aromatic heterocycles. The van der Waals surface area contributed by atoms with Gasteiger partial charge in [-0.1, -0.05) is 51.5 Å². The van der Waals surface area contributed by atoms with E-state index >= 15 is 0 Å². The van der Waals surface area contributed by atoms with Gasteiger partial charge in [0, 0.05) is 11.2 Å². The molecule has 1 atom stereocenters. The third-order valence-corrected chi connectivity index (χ3v) is 10.6. The van der Waals surface area contributed by atoms with Gasteiger partial charge in [0.1, 0.15) is 11.4 Å². The van der Waals surface area contributed by atoms with Crippen molar-refractivity contribution in [1.82, 2.24) is 5.32 Å². The number of halogens is 1. The van der Waals surface area contributed by atoms with Crippen molar-refractivity contribution in [3.05, 3.63) is 28.2 Å². The van der Waals surface area contributed by atoms with Crippen LogP contribution in [0.3, 0.4) is 0 Å². The van der Waals surface area contributed by atoms with Crippen LogP contribution in [0.4, 0.5) is 4.79 Å². The topological polar surface area (TPSA) is 73.9 Å². The molecule has 0 radical (unpaired) electrons. The SMILES string of the molecule is CCCCOP(=O)(COc1ccc(CC2(NC(=O)OC(C)(C)C)CCCC2)cc1Br)C1CCCCC1. The molecule has 0 bridgehead atoms. The molecular formula is C28H45BrNO5P. The van der Waals surface area contributed by atoms with E-state index in [2.05, 4.69) is 34.2 Å². The van der Waals surface area contributed by atoms with E-state index in [0.717, 1.165) is 80.7 Å². The van der Waals surface area contributed by atoms with Crippen LogP contribution in [0.2, 0.25) is 0 Å². The van der Waals surface area contributed by atoms with Gasteiger partial charge in [0.25, 0.3) is 0 Å². The van der Waals surface area contributed by atoms with Gasteiger partial charge in [-0.2, -0.15) is 0 Å². The summed E-state index contributed by atoms with van der Waals surface area (Å²) in [5.41, 5.74) is 0.390. The van der Waals surface area contributed by atoms with Crippen LogP contribution in [0.5, 0.6) is 5.75 Å². The summed E-state index contributed by atoms with van der Waals surface area (Å²) in [6.45, 7) is 8.28. The summed E-state index contributed by atoms with van der Waals surface area (Å²) in [5, 5.41) is 3.18. The average Bonchev–Trinajstić information content (AvgIpc) is 3.25. The Hall–Kier alpha value is -1.04. The molecule has 1 aromatic rings. The Balaban J connectivity index is 1.66. The Morgan fingerprint density at radius 1 is 1.14 bits per heavy atom. The molecule has 36 heavy (non-hydrogen) atoms. The number of benzene rings is 1. The smallest absolute Gasteiger partial charge is 0.408 e. The van der Waals surface area contributed by atoms with E-state index in [1.54, 1.807) is 0 Å². The summed E-state index contributed by atoms with van der Waals surface area (Å²) in [5.74, 6) is 0.675. The summed E-state index contributed by atoms with van der Waals surface area (Å²) >= 11 is 3.66. The minimum Gasteiger partial charge on any atom is -0.482 e. The Morgan fingerprint density at radius 3 is 2.44 bits per heavy atom. The standard InChI is InChI=1S/C28H45BrNO5P/c1-5-6-18-34-36(32,23-12-8-7-9-13-23)21-33-25-15-14-22(19-24(25)29)20-28(16-10-11-17-28)30-26(31)35-27(2,3)4/h14-15,19,23H,5-13,16-18,20-21H2,1-4H3,(H,30,31). The predicted octanol–water partition coefficient (Wildman–Crippen LogP) is 8.59. The maximum absolute atomic E-state index is 13.9. The minimum absolute atomic E-state index is 0.0994. The minimum atomic E-state index is -2.89. The Labute approximate surface area is 226 Å². The van der Waals surface area contributed by atoms with Crippen LogP contribution < -0.4 is 10.1 Å². The predicted molar refractivity (Wildman–Crippen MR) is 149 cm³/mol. The normalized spacial score (nSPS) is 20.0. The summed E-state index contributed by atoms with van der Waals surface area (Å²) in [4.78, 5) is 12.5. The fraction of sp³-hybridized carbons (Fsp3) is 0.750. The number of hydrogen-bond acceptors (Lipinski definition) is 5. The lowest BCUT2D eigenvalue weighted by Gasteiger charge is -2.32. The maximum atomic E-state index is 13.9. The van der Waals surface area contributed by atoms with E-state index in [1.165, 1.54) is 6.42 Å². The number of hydrogen-bond donors (Lipinski definition) is 1. The molecule has 0 spiro atoms. The highest BCUT2D eigenvalue weighted by molar-refractivity contribution is 9.10. The summed E-state index contributed by atoms with van der Waals surface area (Å²) < 4.78 is 32.4. The molecule has 8 heteroatoms. The van der Waals surface area contributed by atoms with Crippen molar-refractivity contribution in [2.24, 2.45) is 0 Å². The van der Waals surface area contributed by atoms with Crippen molar-refractivity contribution in [1.29, 1.82) is 0 Å². The fourth-order valence-electron chi connectivity index (χ4n) is 5.33. The van der Waals surface area contributed by atoms with Crippen molar-refractivity contribution in [2.45, 2.75) is 122 Å². The molecule has 2 aliphatic rings. The van der Waals surface area contributed by atoms with E-state index in [1.807, 2.05) is 32.9 Å². The van der Waals surface area contributed by atoms with Crippen LogP contribution in [0.25, 0.3) is 0 Å². The number of rotatable bonds is 11. The van der Waals surface area contributed by atoms with Gasteiger partial charge in [0.2, 0.25) is 7.37 Å². The van der Waals surface area contributed by atoms with Gasteiger partial charge in [-0.3, -0.25) is 4.57 Å². The largest absolute Gasteiger partial charge is 0.482 e. The van der Waals surface area contributed by atoms with Gasteiger partial charge in [0.05, 0.1) is 11.1 Å². The Bertz CT molecular complexity index is 904. The van der Waals surface area contributed by atoms with E-state index in [4.69, 9.17) is 14.0 Å². The zero-order valence-electron chi connectivity index (χ0n) is 22.6. The number of carbonyl (C=O) groups excluding carboxylic acids is 1. The number of unbranched alkanes of at least 4 members (excludes halogenated alkanes) is 1.